The average molecular weight is 193 g/mol. The Morgan fingerprint density at radius 2 is 1.78 bits per heavy atom. The molecule has 1 nitrogen and oxygen atoms in total. The second-order valence-corrected chi connectivity index (χ2v) is 3.75. The Kier molecular flexibility index (Phi) is 2.53. The summed E-state index contributed by atoms with van der Waals surface area (Å²) >= 11 is 3.54. The molecule has 0 aliphatic carbocycles. The van der Waals surface area contributed by atoms with Crippen molar-refractivity contribution < 1.29 is 4.48 Å². The van der Waals surface area contributed by atoms with E-state index in [4.69, 9.17) is 0 Å². The van der Waals surface area contributed by atoms with Gasteiger partial charge in [0.2, 0.25) is 0 Å². The van der Waals surface area contributed by atoms with Crippen LogP contribution in [0.3, 0.4) is 0 Å². The third kappa shape index (κ3) is 1.94. The molecule has 0 bridgehead atoms. The number of rotatable bonds is 1. The molecular weight excluding hydrogens is 178 g/mol. The molecule has 2 heteroatoms. The first-order valence-corrected chi connectivity index (χ1v) is 4.78. The molecule has 1 heterocycles. The summed E-state index contributed by atoms with van der Waals surface area (Å²) in [6.45, 7) is 2.73. The first kappa shape index (κ1) is 7.55. The maximum Gasteiger partial charge on any atom is 0.134 e. The lowest BCUT2D eigenvalue weighted by molar-refractivity contribution is -0.900. The van der Waals surface area contributed by atoms with Crippen LogP contribution in [0.4, 0.5) is 0 Å². The smallest absolute Gasteiger partial charge is 0.134 e. The van der Waals surface area contributed by atoms with Crippen LogP contribution in [-0.4, -0.2) is 30.1 Å². The third-order valence-electron chi connectivity index (χ3n) is 2.18. The Morgan fingerprint density at radius 1 is 1.22 bits per heavy atom. The van der Waals surface area contributed by atoms with Gasteiger partial charge in [0.25, 0.3) is 0 Å². The Balaban J connectivity index is 2.37. The second-order valence-electron chi connectivity index (χ2n) is 3.25. The van der Waals surface area contributed by atoms with E-state index in [0.29, 0.717) is 0 Å². The van der Waals surface area contributed by atoms with E-state index >= 15 is 0 Å². The monoisotopic (exact) mass is 192 g/mol. The van der Waals surface area contributed by atoms with Crippen LogP contribution < -0.4 is 0 Å². The molecule has 0 spiro atoms. The molecule has 1 rings (SSSR count). The Labute approximate surface area is 65.8 Å². The van der Waals surface area contributed by atoms with Crippen LogP contribution in [0.2, 0.25) is 0 Å². The lowest BCUT2D eigenvalue weighted by atomic mass is 10.1. The van der Waals surface area contributed by atoms with E-state index in [1.807, 2.05) is 0 Å². The van der Waals surface area contributed by atoms with Gasteiger partial charge in [-0.25, -0.2) is 0 Å². The van der Waals surface area contributed by atoms with E-state index in [0.717, 1.165) is 5.45 Å². The Bertz CT molecular complexity index is 86.9. The zero-order valence-corrected chi connectivity index (χ0v) is 7.65. The molecule has 1 aliphatic rings. The molecule has 9 heavy (non-hydrogen) atoms. The SMILES string of the molecule is C[N+]1(CBr)CCCCC1. The van der Waals surface area contributed by atoms with Gasteiger partial charge in [0, 0.05) is 0 Å². The van der Waals surface area contributed by atoms with Gasteiger partial charge in [-0.2, -0.15) is 0 Å². The molecule has 0 amide bonds. The molecule has 0 radical (unpaired) electrons. The summed E-state index contributed by atoms with van der Waals surface area (Å²) in [4.78, 5) is 0. The van der Waals surface area contributed by atoms with Crippen LogP contribution in [0.5, 0.6) is 0 Å². The second kappa shape index (κ2) is 3.02. The summed E-state index contributed by atoms with van der Waals surface area (Å²) in [6, 6.07) is 0. The number of halogens is 1. The molecule has 0 aromatic rings. The fourth-order valence-electron chi connectivity index (χ4n) is 1.40. The minimum Gasteiger partial charge on any atom is -0.317 e. The fourth-order valence-corrected chi connectivity index (χ4v) is 1.90. The van der Waals surface area contributed by atoms with Gasteiger partial charge >= 0.3 is 0 Å². The summed E-state index contributed by atoms with van der Waals surface area (Å²) in [5.74, 6) is 0. The summed E-state index contributed by atoms with van der Waals surface area (Å²) in [7, 11) is 2.33. The quantitative estimate of drug-likeness (QED) is 0.339. The van der Waals surface area contributed by atoms with E-state index in [1.165, 1.54) is 36.8 Å². The van der Waals surface area contributed by atoms with E-state index < -0.39 is 0 Å². The van der Waals surface area contributed by atoms with E-state index in [1.54, 1.807) is 0 Å². The number of alkyl halides is 1. The molecule has 1 fully saturated rings. The molecule has 54 valence electrons. The van der Waals surface area contributed by atoms with Gasteiger partial charge in [-0.05, 0) is 35.2 Å². The first-order valence-electron chi connectivity index (χ1n) is 3.66. The number of likely N-dealkylation sites (tertiary alicyclic amines) is 1. The fraction of sp³-hybridized carbons (Fsp3) is 1.00. The standard InChI is InChI=1S/C7H15BrN/c1-9(7-8)5-3-2-4-6-9/h2-7H2,1H3/q+1. The van der Waals surface area contributed by atoms with Gasteiger partial charge in [0.1, 0.15) is 5.45 Å². The van der Waals surface area contributed by atoms with Gasteiger partial charge in [-0.15, -0.1) is 0 Å². The summed E-state index contributed by atoms with van der Waals surface area (Å²) in [6.07, 6.45) is 4.28. The normalized spacial score (nSPS) is 26.0. The maximum absolute atomic E-state index is 3.54. The van der Waals surface area contributed by atoms with Crippen molar-refractivity contribution in [3.63, 3.8) is 0 Å². The molecule has 0 unspecified atom stereocenters. The lowest BCUT2D eigenvalue weighted by Crippen LogP contribution is -2.46. The summed E-state index contributed by atoms with van der Waals surface area (Å²) in [5.41, 5.74) is 1.13. The Hall–Kier alpha value is 0.440. The predicted octanol–water partition coefficient (Wildman–Crippen LogP) is 1.97. The zero-order chi connectivity index (χ0) is 6.74. The van der Waals surface area contributed by atoms with Gasteiger partial charge in [-0.3, -0.25) is 0 Å². The van der Waals surface area contributed by atoms with Crippen LogP contribution in [0.25, 0.3) is 0 Å². The van der Waals surface area contributed by atoms with E-state index in [-0.39, 0.29) is 0 Å². The third-order valence-corrected chi connectivity index (χ3v) is 3.40. The molecule has 0 aromatic carbocycles. The highest BCUT2D eigenvalue weighted by molar-refractivity contribution is 9.09. The number of piperidine rings is 1. The topological polar surface area (TPSA) is 0 Å². The van der Waals surface area contributed by atoms with Gasteiger partial charge in [-0.1, -0.05) is 0 Å². The molecule has 0 N–H and O–H groups in total. The molecule has 1 saturated heterocycles. The molecule has 0 aromatic heterocycles. The lowest BCUT2D eigenvalue weighted by Gasteiger charge is -2.35. The highest BCUT2D eigenvalue weighted by Gasteiger charge is 2.22. The largest absolute Gasteiger partial charge is 0.317 e. The van der Waals surface area contributed by atoms with E-state index in [2.05, 4.69) is 23.0 Å². The van der Waals surface area contributed by atoms with Crippen molar-refractivity contribution in [3.8, 4) is 0 Å². The number of quaternary nitrogens is 1. The minimum absolute atomic E-state index is 1.13. The van der Waals surface area contributed by atoms with Crippen LogP contribution in [0.1, 0.15) is 19.3 Å². The minimum atomic E-state index is 1.13. The van der Waals surface area contributed by atoms with Crippen LogP contribution in [0, 0.1) is 0 Å². The molecule has 0 saturated carbocycles. The highest BCUT2D eigenvalue weighted by atomic mass is 79.9. The number of hydrogen-bond donors (Lipinski definition) is 0. The van der Waals surface area contributed by atoms with Crippen LogP contribution in [-0.2, 0) is 0 Å². The van der Waals surface area contributed by atoms with Crippen LogP contribution >= 0.6 is 15.9 Å². The van der Waals surface area contributed by atoms with E-state index in [9.17, 15) is 0 Å². The van der Waals surface area contributed by atoms with Gasteiger partial charge < -0.3 is 4.48 Å². The average Bonchev–Trinajstić information content (AvgIpc) is 1.90. The number of hydrogen-bond acceptors (Lipinski definition) is 0. The van der Waals surface area contributed by atoms with Gasteiger partial charge in [0.15, 0.2) is 0 Å². The Morgan fingerprint density at radius 3 is 2.11 bits per heavy atom. The van der Waals surface area contributed by atoms with Crippen molar-refractivity contribution in [2.45, 2.75) is 19.3 Å². The molecule has 0 atom stereocenters. The van der Waals surface area contributed by atoms with Crippen molar-refractivity contribution in [2.75, 3.05) is 25.6 Å². The van der Waals surface area contributed by atoms with Crippen LogP contribution in [0.15, 0.2) is 0 Å². The van der Waals surface area contributed by atoms with Crippen molar-refractivity contribution in [3.05, 3.63) is 0 Å². The molecular formula is C7H15BrN+. The zero-order valence-electron chi connectivity index (χ0n) is 6.07. The van der Waals surface area contributed by atoms with Crippen molar-refractivity contribution in [1.29, 1.82) is 0 Å². The number of nitrogens with zero attached hydrogens (tertiary/aromatic N) is 1. The molecule has 1 aliphatic heterocycles. The van der Waals surface area contributed by atoms with Crippen molar-refractivity contribution in [1.82, 2.24) is 0 Å². The van der Waals surface area contributed by atoms with Gasteiger partial charge in [0.05, 0.1) is 20.1 Å². The van der Waals surface area contributed by atoms with Crippen molar-refractivity contribution in [2.24, 2.45) is 0 Å². The highest BCUT2D eigenvalue weighted by Crippen LogP contribution is 2.16. The first-order chi connectivity index (χ1) is 4.27. The maximum atomic E-state index is 3.54. The van der Waals surface area contributed by atoms with Crippen molar-refractivity contribution >= 4 is 15.9 Å². The summed E-state index contributed by atoms with van der Waals surface area (Å²) in [5, 5.41) is 0. The predicted molar refractivity (Wildman–Crippen MR) is 43.6 cm³/mol. The summed E-state index contributed by atoms with van der Waals surface area (Å²) < 4.78 is 1.24.